The van der Waals surface area contributed by atoms with Crippen LogP contribution in [0, 0.1) is 0 Å². The van der Waals surface area contributed by atoms with Crippen molar-refractivity contribution in [2.45, 2.75) is 44.9 Å². The van der Waals surface area contributed by atoms with Gasteiger partial charge in [-0.2, -0.15) is 0 Å². The molecule has 0 spiro atoms. The molecule has 98 valence electrons. The van der Waals surface area contributed by atoms with E-state index in [0.29, 0.717) is 5.92 Å². The maximum atomic E-state index is 3.59. The lowest BCUT2D eigenvalue weighted by Crippen LogP contribution is -2.21. The zero-order valence-corrected chi connectivity index (χ0v) is 11.5. The van der Waals surface area contributed by atoms with Gasteiger partial charge in [-0.15, -0.1) is 0 Å². The zero-order chi connectivity index (χ0) is 12.6. The van der Waals surface area contributed by atoms with Crippen LogP contribution in [0.5, 0.6) is 0 Å². The van der Waals surface area contributed by atoms with Crippen molar-refractivity contribution >= 4 is 0 Å². The van der Waals surface area contributed by atoms with Crippen molar-refractivity contribution in [3.63, 3.8) is 0 Å². The van der Waals surface area contributed by atoms with Crippen molar-refractivity contribution in [2.24, 2.45) is 0 Å². The van der Waals surface area contributed by atoms with E-state index in [2.05, 4.69) is 48.6 Å². The fraction of sp³-hybridized carbons (Fsp3) is 0.529. The topological polar surface area (TPSA) is 12.0 Å². The zero-order valence-electron chi connectivity index (χ0n) is 11.5. The molecule has 1 aromatic rings. The molecule has 1 atom stereocenters. The Morgan fingerprint density at radius 3 is 2.72 bits per heavy atom. The molecule has 1 aliphatic carbocycles. The summed E-state index contributed by atoms with van der Waals surface area (Å²) in [5.41, 5.74) is 3.10. The third-order valence-electron chi connectivity index (χ3n) is 3.83. The predicted octanol–water partition coefficient (Wildman–Crippen LogP) is 4.27. The van der Waals surface area contributed by atoms with Gasteiger partial charge in [-0.05, 0) is 50.1 Å². The Balaban J connectivity index is 1.65. The van der Waals surface area contributed by atoms with Crippen LogP contribution in [0.15, 0.2) is 42.0 Å². The predicted molar refractivity (Wildman–Crippen MR) is 78.9 cm³/mol. The van der Waals surface area contributed by atoms with Gasteiger partial charge in [0.25, 0.3) is 0 Å². The molecule has 0 amide bonds. The summed E-state index contributed by atoms with van der Waals surface area (Å²) in [4.78, 5) is 0. The fourth-order valence-corrected chi connectivity index (χ4v) is 2.60. The average molecular weight is 243 g/mol. The van der Waals surface area contributed by atoms with Gasteiger partial charge in [0.15, 0.2) is 0 Å². The normalized spacial score (nSPS) is 17.3. The molecule has 2 rings (SSSR count). The number of rotatable bonds is 6. The first kappa shape index (κ1) is 13.4. The van der Waals surface area contributed by atoms with Crippen LogP contribution in [-0.2, 0) is 0 Å². The smallest absolute Gasteiger partial charge is 0.00176 e. The molecule has 1 heteroatoms. The van der Waals surface area contributed by atoms with Crippen LogP contribution in [0.25, 0.3) is 0 Å². The van der Waals surface area contributed by atoms with Crippen LogP contribution in [0.2, 0.25) is 0 Å². The van der Waals surface area contributed by atoms with E-state index in [0.717, 1.165) is 13.1 Å². The molecule has 1 unspecified atom stereocenters. The number of hydrogen-bond donors (Lipinski definition) is 1. The van der Waals surface area contributed by atoms with E-state index >= 15 is 0 Å². The Labute approximate surface area is 111 Å². The second kappa shape index (κ2) is 7.38. The lowest BCUT2D eigenvalue weighted by molar-refractivity contribution is 0.596. The van der Waals surface area contributed by atoms with E-state index in [9.17, 15) is 0 Å². The molecule has 0 saturated heterocycles. The summed E-state index contributed by atoms with van der Waals surface area (Å²) >= 11 is 0. The number of allylic oxidation sites excluding steroid dienone is 1. The van der Waals surface area contributed by atoms with Crippen molar-refractivity contribution in [3.8, 4) is 0 Å². The minimum Gasteiger partial charge on any atom is -0.316 e. The molecule has 0 saturated carbocycles. The molecule has 1 aromatic carbocycles. The maximum absolute atomic E-state index is 3.59. The highest BCUT2D eigenvalue weighted by molar-refractivity contribution is 5.19. The molecule has 0 radical (unpaired) electrons. The van der Waals surface area contributed by atoms with E-state index in [1.807, 2.05) is 0 Å². The van der Waals surface area contributed by atoms with E-state index in [4.69, 9.17) is 0 Å². The van der Waals surface area contributed by atoms with E-state index in [-0.39, 0.29) is 0 Å². The fourth-order valence-electron chi connectivity index (χ4n) is 2.60. The van der Waals surface area contributed by atoms with Crippen LogP contribution in [0.1, 0.15) is 50.5 Å². The molecule has 0 bridgehead atoms. The third-order valence-corrected chi connectivity index (χ3v) is 3.83. The molecule has 0 aliphatic heterocycles. The lowest BCUT2D eigenvalue weighted by atomic mass is 9.97. The van der Waals surface area contributed by atoms with Crippen LogP contribution >= 0.6 is 0 Å². The van der Waals surface area contributed by atoms with Crippen molar-refractivity contribution in [3.05, 3.63) is 47.5 Å². The summed E-state index contributed by atoms with van der Waals surface area (Å²) in [5, 5.41) is 3.59. The molecular formula is C17H25N. The van der Waals surface area contributed by atoms with E-state index in [1.165, 1.54) is 37.7 Å². The minimum atomic E-state index is 0.603. The van der Waals surface area contributed by atoms with Gasteiger partial charge in [0.2, 0.25) is 0 Å². The van der Waals surface area contributed by atoms with Crippen molar-refractivity contribution < 1.29 is 0 Å². The van der Waals surface area contributed by atoms with Gasteiger partial charge in [0.1, 0.15) is 0 Å². The molecule has 0 heterocycles. The number of benzene rings is 1. The summed E-state index contributed by atoms with van der Waals surface area (Å²) in [6.45, 7) is 4.50. The van der Waals surface area contributed by atoms with Gasteiger partial charge >= 0.3 is 0 Å². The van der Waals surface area contributed by atoms with E-state index < -0.39 is 0 Å². The highest BCUT2D eigenvalue weighted by Gasteiger charge is 2.05. The standard InChI is InChI=1S/C17H25N/c1-15(17-10-6-3-7-11-17)14-18-13-12-16-8-4-2-5-9-16/h3,6-8,10-11,15,18H,2,4-5,9,12-14H2,1H3. The van der Waals surface area contributed by atoms with E-state index in [1.54, 1.807) is 5.57 Å². The Morgan fingerprint density at radius 2 is 2.00 bits per heavy atom. The Morgan fingerprint density at radius 1 is 1.17 bits per heavy atom. The van der Waals surface area contributed by atoms with Gasteiger partial charge in [-0.1, -0.05) is 48.9 Å². The molecule has 18 heavy (non-hydrogen) atoms. The van der Waals surface area contributed by atoms with Crippen molar-refractivity contribution in [2.75, 3.05) is 13.1 Å². The maximum Gasteiger partial charge on any atom is 0.00176 e. The first-order chi connectivity index (χ1) is 8.86. The quantitative estimate of drug-likeness (QED) is 0.581. The second-order valence-electron chi connectivity index (χ2n) is 5.37. The number of hydrogen-bond acceptors (Lipinski definition) is 1. The van der Waals surface area contributed by atoms with Crippen molar-refractivity contribution in [1.82, 2.24) is 5.32 Å². The van der Waals surface area contributed by atoms with Crippen molar-refractivity contribution in [1.29, 1.82) is 0 Å². The number of nitrogens with one attached hydrogen (secondary N) is 1. The summed E-state index contributed by atoms with van der Waals surface area (Å²) in [6, 6.07) is 10.8. The summed E-state index contributed by atoms with van der Waals surface area (Å²) < 4.78 is 0. The summed E-state index contributed by atoms with van der Waals surface area (Å²) in [6.07, 6.45) is 9.10. The van der Waals surface area contributed by atoms with Gasteiger partial charge in [0.05, 0.1) is 0 Å². The Kier molecular flexibility index (Phi) is 5.47. The second-order valence-corrected chi connectivity index (χ2v) is 5.37. The first-order valence-electron chi connectivity index (χ1n) is 7.30. The Hall–Kier alpha value is -1.08. The minimum absolute atomic E-state index is 0.603. The summed E-state index contributed by atoms with van der Waals surface area (Å²) in [5.74, 6) is 0.603. The molecule has 0 fully saturated rings. The highest BCUT2D eigenvalue weighted by Crippen LogP contribution is 2.19. The summed E-state index contributed by atoms with van der Waals surface area (Å²) in [7, 11) is 0. The largest absolute Gasteiger partial charge is 0.316 e. The van der Waals surface area contributed by atoms with Gasteiger partial charge in [0, 0.05) is 6.54 Å². The van der Waals surface area contributed by atoms with Gasteiger partial charge in [-0.3, -0.25) is 0 Å². The molecule has 1 nitrogen and oxygen atoms in total. The van der Waals surface area contributed by atoms with Crippen LogP contribution in [-0.4, -0.2) is 13.1 Å². The first-order valence-corrected chi connectivity index (χ1v) is 7.30. The molecular weight excluding hydrogens is 218 g/mol. The Bertz CT molecular complexity index is 366. The molecule has 1 N–H and O–H groups in total. The lowest BCUT2D eigenvalue weighted by Gasteiger charge is -2.15. The highest BCUT2D eigenvalue weighted by atomic mass is 14.8. The monoisotopic (exact) mass is 243 g/mol. The molecule has 1 aliphatic rings. The van der Waals surface area contributed by atoms with Gasteiger partial charge < -0.3 is 5.32 Å². The van der Waals surface area contributed by atoms with Crippen LogP contribution in [0.4, 0.5) is 0 Å². The SMILES string of the molecule is CC(CNCCC1=CCCCC1)c1ccccc1. The molecule has 0 aromatic heterocycles. The third kappa shape index (κ3) is 4.30. The van der Waals surface area contributed by atoms with Crippen LogP contribution in [0.3, 0.4) is 0 Å². The van der Waals surface area contributed by atoms with Gasteiger partial charge in [-0.25, -0.2) is 0 Å². The van der Waals surface area contributed by atoms with Crippen LogP contribution < -0.4 is 5.32 Å². The average Bonchev–Trinajstić information content (AvgIpc) is 2.45.